The average molecular weight is 472 g/mol. The number of carbonyl (C=O) groups is 1. The second-order valence-corrected chi connectivity index (χ2v) is 7.70. The number of hydrogen-bond donors (Lipinski definition) is 5. The van der Waals surface area contributed by atoms with Crippen LogP contribution in [0.15, 0.2) is 42.9 Å². The summed E-state index contributed by atoms with van der Waals surface area (Å²) in [5, 5.41) is 22.9. The Kier molecular flexibility index (Phi) is 6.75. The van der Waals surface area contributed by atoms with Crippen molar-refractivity contribution in [3.05, 3.63) is 65.7 Å². The molecule has 1 fully saturated rings. The first-order valence-electron chi connectivity index (χ1n) is 10.3. The fourth-order valence-corrected chi connectivity index (χ4v) is 3.73. The van der Waals surface area contributed by atoms with Crippen molar-refractivity contribution in [2.75, 3.05) is 17.6 Å². The highest BCUT2D eigenvalue weighted by atomic mass is 19.1. The molecule has 4 atom stereocenters. The highest BCUT2D eigenvalue weighted by molar-refractivity contribution is 6.06. The van der Waals surface area contributed by atoms with E-state index < -0.39 is 47.5 Å². The van der Waals surface area contributed by atoms with E-state index in [4.69, 9.17) is 16.2 Å². The minimum Gasteiger partial charge on any atom is -0.396 e. The summed E-state index contributed by atoms with van der Waals surface area (Å²) in [6.45, 7) is -0.0195. The van der Waals surface area contributed by atoms with Crippen LogP contribution in [0.1, 0.15) is 28.6 Å². The first-order valence-corrected chi connectivity index (χ1v) is 10.3. The first kappa shape index (κ1) is 23.6. The molecular formula is C22H22F2N6O4. The second-order valence-electron chi connectivity index (χ2n) is 7.70. The largest absolute Gasteiger partial charge is 0.396 e. The summed E-state index contributed by atoms with van der Waals surface area (Å²) in [6, 6.07) is 4.87. The van der Waals surface area contributed by atoms with Crippen LogP contribution in [0.4, 0.5) is 20.2 Å². The summed E-state index contributed by atoms with van der Waals surface area (Å²) >= 11 is 0. The monoisotopic (exact) mass is 472 g/mol. The van der Waals surface area contributed by atoms with Gasteiger partial charge in [0.25, 0.3) is 5.91 Å². The lowest BCUT2D eigenvalue weighted by Crippen LogP contribution is -2.49. The summed E-state index contributed by atoms with van der Waals surface area (Å²) in [5.74, 6) is -2.91. The molecule has 1 amide bonds. The van der Waals surface area contributed by atoms with Gasteiger partial charge in [0.1, 0.15) is 17.7 Å². The minimum atomic E-state index is -1.14. The summed E-state index contributed by atoms with van der Waals surface area (Å²) in [7, 11) is 0. The van der Waals surface area contributed by atoms with Crippen molar-refractivity contribution >= 4 is 17.3 Å². The predicted molar refractivity (Wildman–Crippen MR) is 117 cm³/mol. The Bertz CT molecular complexity index is 1190. The Morgan fingerprint density at radius 2 is 1.94 bits per heavy atom. The van der Waals surface area contributed by atoms with E-state index in [-0.39, 0.29) is 35.9 Å². The zero-order valence-electron chi connectivity index (χ0n) is 17.7. The molecule has 10 nitrogen and oxygen atoms in total. The number of aliphatic hydroxyl groups is 2. The number of aliphatic hydroxyl groups excluding tert-OH is 2. The molecule has 12 heteroatoms. The Balaban J connectivity index is 1.64. The number of carbonyl (C=O) groups excluding carboxylic acids is 1. The van der Waals surface area contributed by atoms with Crippen LogP contribution in [0, 0.1) is 11.6 Å². The van der Waals surface area contributed by atoms with Crippen LogP contribution in [0.3, 0.4) is 0 Å². The van der Waals surface area contributed by atoms with Crippen LogP contribution in [0.25, 0.3) is 11.4 Å². The zero-order valence-corrected chi connectivity index (χ0v) is 17.7. The molecule has 0 spiro atoms. The van der Waals surface area contributed by atoms with Gasteiger partial charge in [-0.2, -0.15) is 0 Å². The summed E-state index contributed by atoms with van der Waals surface area (Å²) in [6.07, 6.45) is 0.246. The maximum atomic E-state index is 14.2. The molecule has 3 aromatic rings. The lowest BCUT2D eigenvalue weighted by Gasteiger charge is -2.37. The van der Waals surface area contributed by atoms with Crippen LogP contribution >= 0.6 is 0 Å². The van der Waals surface area contributed by atoms with E-state index in [2.05, 4.69) is 20.3 Å². The molecule has 4 rings (SSSR count). The van der Waals surface area contributed by atoms with Crippen molar-refractivity contribution in [1.82, 2.24) is 15.0 Å². The number of ether oxygens (including phenoxy) is 1. The van der Waals surface area contributed by atoms with E-state index >= 15 is 0 Å². The summed E-state index contributed by atoms with van der Waals surface area (Å²) in [4.78, 5) is 24.8. The van der Waals surface area contributed by atoms with E-state index in [0.29, 0.717) is 5.56 Å². The predicted octanol–water partition coefficient (Wildman–Crippen LogP) is 1.16. The van der Waals surface area contributed by atoms with Gasteiger partial charge in [0.2, 0.25) is 0 Å². The Morgan fingerprint density at radius 3 is 2.65 bits per heavy atom. The normalized spacial score (nSPS) is 22.4. The van der Waals surface area contributed by atoms with E-state index in [1.54, 1.807) is 6.07 Å². The van der Waals surface area contributed by atoms with Crippen molar-refractivity contribution in [3.63, 3.8) is 0 Å². The summed E-state index contributed by atoms with van der Waals surface area (Å²) in [5.41, 5.74) is 11.3. The standard InChI is InChI=1S/C22H22F2N6O4/c23-11-2-1-3-12(24)18(11)21-28-8-13(26)19(30-21)22(33)29-14-9-27-5-4-10(14)16-6-15(31)20(32)17(7-25)34-16/h1-5,8-9,15-17,20,31-32H,6-7,25-26H2,(H,29,33)/t15-,16-,17-,20+/m1/s1. The number of pyridine rings is 1. The Labute approximate surface area is 192 Å². The van der Waals surface area contributed by atoms with Crippen LogP contribution in [-0.4, -0.2) is 55.9 Å². The molecule has 34 heavy (non-hydrogen) atoms. The van der Waals surface area contributed by atoms with Crippen LogP contribution in [0.2, 0.25) is 0 Å². The number of nitrogen functional groups attached to an aromatic ring is 1. The highest BCUT2D eigenvalue weighted by Crippen LogP contribution is 2.35. The molecule has 3 heterocycles. The fourth-order valence-electron chi connectivity index (χ4n) is 3.73. The quantitative estimate of drug-likeness (QED) is 0.366. The van der Waals surface area contributed by atoms with Gasteiger partial charge in [-0.3, -0.25) is 9.78 Å². The second kappa shape index (κ2) is 9.73. The number of nitrogens with zero attached hydrogens (tertiary/aromatic N) is 3. The molecule has 1 saturated heterocycles. The molecule has 178 valence electrons. The molecule has 0 aliphatic carbocycles. The maximum absolute atomic E-state index is 14.2. The molecule has 0 saturated carbocycles. The number of halogens is 2. The topological polar surface area (TPSA) is 170 Å². The van der Waals surface area contributed by atoms with Crippen molar-refractivity contribution in [2.45, 2.75) is 30.8 Å². The minimum absolute atomic E-state index is 0.0195. The molecule has 0 unspecified atom stereocenters. The van der Waals surface area contributed by atoms with E-state index in [9.17, 15) is 23.8 Å². The Morgan fingerprint density at radius 1 is 1.21 bits per heavy atom. The van der Waals surface area contributed by atoms with Crippen molar-refractivity contribution in [3.8, 4) is 11.4 Å². The third-order valence-corrected chi connectivity index (χ3v) is 5.47. The first-order chi connectivity index (χ1) is 16.3. The van der Waals surface area contributed by atoms with Gasteiger partial charge in [0.15, 0.2) is 11.5 Å². The third-order valence-electron chi connectivity index (χ3n) is 5.47. The van der Waals surface area contributed by atoms with Gasteiger partial charge in [0.05, 0.1) is 47.6 Å². The maximum Gasteiger partial charge on any atom is 0.276 e. The number of nitrogens with one attached hydrogen (secondary N) is 1. The number of nitrogens with two attached hydrogens (primary N) is 2. The Hall–Kier alpha value is -3.58. The van der Waals surface area contributed by atoms with Crippen molar-refractivity contribution < 1.29 is 28.5 Å². The van der Waals surface area contributed by atoms with Gasteiger partial charge in [-0.05, 0) is 18.2 Å². The van der Waals surface area contributed by atoms with Gasteiger partial charge in [-0.15, -0.1) is 0 Å². The molecule has 0 radical (unpaired) electrons. The number of hydrogen-bond acceptors (Lipinski definition) is 9. The molecule has 7 N–H and O–H groups in total. The number of rotatable bonds is 5. The van der Waals surface area contributed by atoms with Gasteiger partial charge >= 0.3 is 0 Å². The van der Waals surface area contributed by atoms with Crippen LogP contribution < -0.4 is 16.8 Å². The van der Waals surface area contributed by atoms with E-state index in [1.165, 1.54) is 18.5 Å². The van der Waals surface area contributed by atoms with Crippen molar-refractivity contribution in [1.29, 1.82) is 0 Å². The third kappa shape index (κ3) is 4.56. The smallest absolute Gasteiger partial charge is 0.276 e. The summed E-state index contributed by atoms with van der Waals surface area (Å²) < 4.78 is 34.2. The lowest BCUT2D eigenvalue weighted by atomic mass is 9.93. The average Bonchev–Trinajstić information content (AvgIpc) is 2.82. The van der Waals surface area contributed by atoms with Gasteiger partial charge < -0.3 is 31.7 Å². The van der Waals surface area contributed by atoms with Gasteiger partial charge in [-0.25, -0.2) is 18.7 Å². The molecular weight excluding hydrogens is 450 g/mol. The van der Waals surface area contributed by atoms with Crippen LogP contribution in [0.5, 0.6) is 0 Å². The molecule has 1 aromatic carbocycles. The van der Waals surface area contributed by atoms with E-state index in [0.717, 1.165) is 18.3 Å². The number of amides is 1. The van der Waals surface area contributed by atoms with Gasteiger partial charge in [0, 0.05) is 24.7 Å². The van der Waals surface area contributed by atoms with Crippen molar-refractivity contribution in [2.24, 2.45) is 5.73 Å². The molecule has 1 aliphatic rings. The lowest BCUT2D eigenvalue weighted by molar-refractivity contribution is -0.166. The fraction of sp³-hybridized carbons (Fsp3) is 0.273. The van der Waals surface area contributed by atoms with Crippen LogP contribution in [-0.2, 0) is 4.74 Å². The number of aromatic nitrogens is 3. The SMILES string of the molecule is NC[C@H]1O[C@@H](c2ccncc2NC(=O)c2nc(-c3c(F)cccc3F)ncc2N)C[C@@H](O)[C@@H]1O. The molecule has 0 bridgehead atoms. The molecule has 2 aromatic heterocycles. The molecule has 1 aliphatic heterocycles. The van der Waals surface area contributed by atoms with E-state index in [1.807, 2.05) is 0 Å². The highest BCUT2D eigenvalue weighted by Gasteiger charge is 2.37. The number of benzene rings is 1. The van der Waals surface area contributed by atoms with Gasteiger partial charge in [-0.1, -0.05) is 6.07 Å². The zero-order chi connectivity index (χ0) is 24.4. The number of anilines is 2.